The van der Waals surface area contributed by atoms with Gasteiger partial charge in [-0.05, 0) is 24.3 Å². The second-order valence-corrected chi connectivity index (χ2v) is 6.63. The molecule has 0 amide bonds. The summed E-state index contributed by atoms with van der Waals surface area (Å²) in [6, 6.07) is 8.56. The van der Waals surface area contributed by atoms with Crippen LogP contribution in [0.3, 0.4) is 0 Å². The highest BCUT2D eigenvalue weighted by Gasteiger charge is 2.36. The van der Waals surface area contributed by atoms with Crippen LogP contribution < -0.4 is 0 Å². The molecule has 4 rings (SSSR count). The van der Waals surface area contributed by atoms with Crippen LogP contribution in [0.5, 0.6) is 0 Å². The summed E-state index contributed by atoms with van der Waals surface area (Å²) in [5, 5.41) is 0. The minimum Gasteiger partial charge on any atom is -0.421 e. The van der Waals surface area contributed by atoms with Crippen molar-refractivity contribution in [3.63, 3.8) is 0 Å². The van der Waals surface area contributed by atoms with Crippen molar-refractivity contribution in [2.45, 2.75) is 26.4 Å². The zero-order valence-corrected chi connectivity index (χ0v) is 15.8. The first kappa shape index (κ1) is 19.3. The molecule has 9 nitrogen and oxygen atoms in total. The van der Waals surface area contributed by atoms with Gasteiger partial charge in [-0.15, -0.1) is 0 Å². The highest BCUT2D eigenvalue weighted by atomic mass is 16.7. The molecule has 0 fully saturated rings. The van der Waals surface area contributed by atoms with Crippen molar-refractivity contribution >= 4 is 29.7 Å². The van der Waals surface area contributed by atoms with Crippen molar-refractivity contribution in [1.29, 1.82) is 0 Å². The molecule has 0 aliphatic carbocycles. The topological polar surface area (TPSA) is 122 Å². The highest BCUT2D eigenvalue weighted by Crippen LogP contribution is 2.34. The number of fused-ring (bicyclic) bond motifs is 2. The van der Waals surface area contributed by atoms with Crippen LogP contribution in [-0.4, -0.2) is 29.7 Å². The fraction of sp³-hybridized carbons (Fsp3) is 0.190. The van der Waals surface area contributed by atoms with Crippen molar-refractivity contribution in [3.05, 3.63) is 69.8 Å². The Balaban J connectivity index is 1.64. The van der Waals surface area contributed by atoms with E-state index in [0.717, 1.165) is 0 Å². The summed E-state index contributed by atoms with van der Waals surface area (Å²) in [6.07, 6.45) is -2.30. The third kappa shape index (κ3) is 3.30. The summed E-state index contributed by atoms with van der Waals surface area (Å²) >= 11 is 0. The fourth-order valence-electron chi connectivity index (χ4n) is 3.25. The summed E-state index contributed by atoms with van der Waals surface area (Å²) < 4.78 is 19.9. The highest BCUT2D eigenvalue weighted by molar-refractivity contribution is 6.11. The van der Waals surface area contributed by atoms with Gasteiger partial charge in [-0.1, -0.05) is 12.1 Å². The Kier molecular flexibility index (Phi) is 4.57. The van der Waals surface area contributed by atoms with Crippen LogP contribution in [0.15, 0.2) is 36.4 Å². The molecule has 0 radical (unpaired) electrons. The van der Waals surface area contributed by atoms with Crippen LogP contribution in [-0.2, 0) is 28.5 Å². The van der Waals surface area contributed by atoms with E-state index in [9.17, 15) is 24.0 Å². The van der Waals surface area contributed by atoms with Gasteiger partial charge in [0.05, 0.1) is 11.1 Å². The lowest BCUT2D eigenvalue weighted by molar-refractivity contribution is -0.166. The van der Waals surface area contributed by atoms with Gasteiger partial charge in [0.2, 0.25) is 0 Å². The average Bonchev–Trinajstić information content (AvgIpc) is 3.16. The Morgan fingerprint density at radius 2 is 1.13 bits per heavy atom. The van der Waals surface area contributed by atoms with E-state index in [4.69, 9.17) is 18.9 Å². The smallest absolute Gasteiger partial charge is 0.342 e. The Bertz CT molecular complexity index is 1040. The number of carbonyl (C=O) groups is 5. The van der Waals surface area contributed by atoms with E-state index in [0.29, 0.717) is 11.1 Å². The lowest BCUT2D eigenvalue weighted by atomic mass is 9.96. The molecular weight excluding hydrogens is 396 g/mol. The molecule has 0 aromatic heterocycles. The zero-order chi connectivity index (χ0) is 21.6. The molecule has 0 saturated carbocycles. The molecule has 2 heterocycles. The van der Waals surface area contributed by atoms with Gasteiger partial charge in [0.1, 0.15) is 0 Å². The molecule has 0 saturated heterocycles. The third-order valence-electron chi connectivity index (χ3n) is 4.55. The van der Waals surface area contributed by atoms with Gasteiger partial charge in [0.15, 0.2) is 5.78 Å². The molecule has 2 unspecified atom stereocenters. The summed E-state index contributed by atoms with van der Waals surface area (Å²) in [4.78, 5) is 59.3. The lowest BCUT2D eigenvalue weighted by Crippen LogP contribution is -2.08. The molecular formula is C21H14O9. The van der Waals surface area contributed by atoms with E-state index in [-0.39, 0.29) is 22.3 Å². The first-order valence-corrected chi connectivity index (χ1v) is 8.83. The van der Waals surface area contributed by atoms with Gasteiger partial charge < -0.3 is 18.9 Å². The molecule has 0 bridgehead atoms. The number of rotatable bonds is 4. The summed E-state index contributed by atoms with van der Waals surface area (Å²) in [6.45, 7) is 2.38. The Labute approximate surface area is 169 Å². The number of hydrogen-bond donors (Lipinski definition) is 0. The number of carbonyl (C=O) groups excluding carboxylic acids is 5. The van der Waals surface area contributed by atoms with Crippen molar-refractivity contribution in [2.75, 3.05) is 0 Å². The first-order chi connectivity index (χ1) is 14.2. The number of esters is 4. The molecule has 2 aromatic carbocycles. The van der Waals surface area contributed by atoms with Gasteiger partial charge in [-0.3, -0.25) is 14.4 Å². The van der Waals surface area contributed by atoms with E-state index < -0.39 is 42.2 Å². The van der Waals surface area contributed by atoms with E-state index in [1.165, 1.54) is 50.2 Å². The molecule has 152 valence electrons. The lowest BCUT2D eigenvalue weighted by Gasteiger charge is -2.10. The predicted molar refractivity (Wildman–Crippen MR) is 96.2 cm³/mol. The van der Waals surface area contributed by atoms with Gasteiger partial charge in [0.25, 0.3) is 12.6 Å². The largest absolute Gasteiger partial charge is 0.421 e. The first-order valence-electron chi connectivity index (χ1n) is 8.83. The molecule has 2 aromatic rings. The van der Waals surface area contributed by atoms with Crippen molar-refractivity contribution in [2.24, 2.45) is 0 Å². The Morgan fingerprint density at radius 1 is 0.733 bits per heavy atom. The summed E-state index contributed by atoms with van der Waals surface area (Å²) in [5.41, 5.74) is 1.27. The maximum absolute atomic E-state index is 12.9. The van der Waals surface area contributed by atoms with Crippen LogP contribution >= 0.6 is 0 Å². The summed E-state index contributed by atoms with van der Waals surface area (Å²) in [7, 11) is 0. The maximum atomic E-state index is 12.9. The molecule has 30 heavy (non-hydrogen) atoms. The molecule has 9 heteroatoms. The van der Waals surface area contributed by atoms with E-state index in [1.807, 2.05) is 0 Å². The number of ether oxygens (including phenoxy) is 4. The third-order valence-corrected chi connectivity index (χ3v) is 4.55. The predicted octanol–water partition coefficient (Wildman–Crippen LogP) is 2.38. The molecule has 2 aliphatic heterocycles. The SMILES string of the molecule is CC(=O)OC1OC(=O)c2cc(C(=O)c3ccc4c(c3)C(=O)OC4OC(C)=O)ccc21. The Hall–Kier alpha value is -4.01. The van der Waals surface area contributed by atoms with E-state index >= 15 is 0 Å². The van der Waals surface area contributed by atoms with Crippen LogP contribution in [0.1, 0.15) is 74.2 Å². The number of ketones is 1. The van der Waals surface area contributed by atoms with Crippen molar-refractivity contribution in [3.8, 4) is 0 Å². The van der Waals surface area contributed by atoms with Gasteiger partial charge >= 0.3 is 23.9 Å². The molecule has 2 atom stereocenters. The normalized spacial score (nSPS) is 18.7. The Morgan fingerprint density at radius 3 is 1.50 bits per heavy atom. The second kappa shape index (κ2) is 7.11. The van der Waals surface area contributed by atoms with Crippen LogP contribution in [0.25, 0.3) is 0 Å². The number of benzene rings is 2. The van der Waals surface area contributed by atoms with Gasteiger partial charge in [-0.2, -0.15) is 0 Å². The minimum absolute atomic E-state index is 0.114. The zero-order valence-electron chi connectivity index (χ0n) is 15.8. The minimum atomic E-state index is -1.15. The molecule has 0 N–H and O–H groups in total. The molecule has 0 spiro atoms. The van der Waals surface area contributed by atoms with Gasteiger partial charge in [-0.25, -0.2) is 9.59 Å². The fourth-order valence-corrected chi connectivity index (χ4v) is 3.25. The summed E-state index contributed by atoms with van der Waals surface area (Å²) in [5.74, 6) is -3.11. The number of cyclic esters (lactones) is 2. The molecule has 2 aliphatic rings. The van der Waals surface area contributed by atoms with Gasteiger partial charge in [0, 0.05) is 36.1 Å². The van der Waals surface area contributed by atoms with Crippen LogP contribution in [0.4, 0.5) is 0 Å². The maximum Gasteiger partial charge on any atom is 0.342 e. The number of hydrogen-bond acceptors (Lipinski definition) is 9. The standard InChI is InChI=1S/C21H14O9/c1-9(22)27-20-13-5-3-11(7-15(13)18(25)29-20)17(24)12-4-6-14-16(8-12)19(26)30-21(14)28-10(2)23/h3-8,20-21H,1-2H3. The quantitative estimate of drug-likeness (QED) is 0.552. The van der Waals surface area contributed by atoms with Crippen LogP contribution in [0, 0.1) is 0 Å². The van der Waals surface area contributed by atoms with E-state index in [2.05, 4.69) is 0 Å². The van der Waals surface area contributed by atoms with E-state index in [1.54, 1.807) is 0 Å². The monoisotopic (exact) mass is 410 g/mol. The average molecular weight is 410 g/mol. The second-order valence-electron chi connectivity index (χ2n) is 6.63. The van der Waals surface area contributed by atoms with Crippen molar-refractivity contribution in [1.82, 2.24) is 0 Å². The van der Waals surface area contributed by atoms with Crippen molar-refractivity contribution < 1.29 is 42.9 Å². The van der Waals surface area contributed by atoms with Crippen LogP contribution in [0.2, 0.25) is 0 Å².